The number of fused-ring (bicyclic) bond motifs is 1. The lowest BCUT2D eigenvalue weighted by molar-refractivity contribution is 0.341. The molecule has 0 spiro atoms. The van der Waals surface area contributed by atoms with Crippen molar-refractivity contribution in [3.63, 3.8) is 0 Å². The molecule has 108 valence electrons. The molecule has 2 nitrogen and oxygen atoms in total. The fourth-order valence-electron chi connectivity index (χ4n) is 3.28. The van der Waals surface area contributed by atoms with E-state index in [1.54, 1.807) is 0 Å². The minimum atomic E-state index is 0.916. The van der Waals surface area contributed by atoms with E-state index in [1.807, 2.05) is 0 Å². The van der Waals surface area contributed by atoms with E-state index in [2.05, 4.69) is 56.3 Å². The Balaban J connectivity index is 1.51. The zero-order valence-corrected chi connectivity index (χ0v) is 13.5. The third-order valence-electron chi connectivity index (χ3n) is 4.45. The molecule has 3 rings (SSSR count). The number of nitrogens with one attached hydrogen (secondary N) is 1. The highest BCUT2D eigenvalue weighted by Crippen LogP contribution is 2.25. The summed E-state index contributed by atoms with van der Waals surface area (Å²) in [5, 5.41) is 4.95. The number of rotatable bonds is 5. The molecule has 0 saturated heterocycles. The van der Waals surface area contributed by atoms with Crippen LogP contribution in [0.5, 0.6) is 0 Å². The van der Waals surface area contributed by atoms with Crippen LogP contribution in [0.3, 0.4) is 0 Å². The zero-order valence-electron chi connectivity index (χ0n) is 11.9. The van der Waals surface area contributed by atoms with Gasteiger partial charge in [-0.1, -0.05) is 41.3 Å². The van der Waals surface area contributed by atoms with Gasteiger partial charge in [0.2, 0.25) is 0 Å². The second-order valence-electron chi connectivity index (χ2n) is 5.89. The van der Waals surface area contributed by atoms with Gasteiger partial charge < -0.3 is 9.88 Å². The predicted molar refractivity (Wildman–Crippen MR) is 89.1 cm³/mol. The molecule has 1 heterocycles. The number of hydrogen-bond donors (Lipinski definition) is 1. The van der Waals surface area contributed by atoms with E-state index in [-0.39, 0.29) is 0 Å². The Morgan fingerprint density at radius 3 is 2.85 bits per heavy atom. The standard InChI is InChI=1S/C17H23BrN2/c18-16-7-4-8-17-15(16)9-11-20(17)12-10-19-13-14-5-2-1-3-6-14/h4,7-9,11,14,19H,1-3,5-6,10,12-13H2. The van der Waals surface area contributed by atoms with Gasteiger partial charge in [-0.05, 0) is 43.5 Å². The minimum Gasteiger partial charge on any atom is -0.346 e. The van der Waals surface area contributed by atoms with Crippen LogP contribution in [0.1, 0.15) is 32.1 Å². The van der Waals surface area contributed by atoms with Crippen LogP contribution in [-0.2, 0) is 6.54 Å². The van der Waals surface area contributed by atoms with Crippen LogP contribution in [0.4, 0.5) is 0 Å². The molecule has 2 aromatic rings. The summed E-state index contributed by atoms with van der Waals surface area (Å²) < 4.78 is 3.53. The predicted octanol–water partition coefficient (Wildman–Crippen LogP) is 4.57. The van der Waals surface area contributed by atoms with E-state index in [4.69, 9.17) is 0 Å². The van der Waals surface area contributed by atoms with Crippen LogP contribution in [-0.4, -0.2) is 17.7 Å². The Bertz CT molecular complexity index is 555. The monoisotopic (exact) mass is 334 g/mol. The molecule has 0 unspecified atom stereocenters. The van der Waals surface area contributed by atoms with Gasteiger partial charge in [0.15, 0.2) is 0 Å². The average molecular weight is 335 g/mol. The smallest absolute Gasteiger partial charge is 0.0492 e. The quantitative estimate of drug-likeness (QED) is 0.792. The topological polar surface area (TPSA) is 17.0 Å². The van der Waals surface area contributed by atoms with Crippen molar-refractivity contribution in [1.82, 2.24) is 9.88 Å². The third-order valence-corrected chi connectivity index (χ3v) is 5.14. The highest BCUT2D eigenvalue weighted by molar-refractivity contribution is 9.10. The maximum absolute atomic E-state index is 3.64. The van der Waals surface area contributed by atoms with Crippen molar-refractivity contribution < 1.29 is 0 Å². The second-order valence-corrected chi connectivity index (χ2v) is 6.74. The normalized spacial score (nSPS) is 16.9. The van der Waals surface area contributed by atoms with Gasteiger partial charge in [-0.25, -0.2) is 0 Å². The van der Waals surface area contributed by atoms with Gasteiger partial charge in [0, 0.05) is 34.7 Å². The molecule has 20 heavy (non-hydrogen) atoms. The van der Waals surface area contributed by atoms with Crippen molar-refractivity contribution >= 4 is 26.8 Å². The molecule has 1 aromatic carbocycles. The maximum atomic E-state index is 3.64. The summed E-state index contributed by atoms with van der Waals surface area (Å²) >= 11 is 3.62. The number of benzene rings is 1. The summed E-state index contributed by atoms with van der Waals surface area (Å²) in [6.45, 7) is 3.31. The number of halogens is 1. The lowest BCUT2D eigenvalue weighted by atomic mass is 9.89. The van der Waals surface area contributed by atoms with Crippen molar-refractivity contribution in [3.05, 3.63) is 34.9 Å². The van der Waals surface area contributed by atoms with Gasteiger partial charge in [0.25, 0.3) is 0 Å². The van der Waals surface area contributed by atoms with Gasteiger partial charge in [-0.3, -0.25) is 0 Å². The molecule has 1 aliphatic carbocycles. The summed E-state index contributed by atoms with van der Waals surface area (Å²) in [6, 6.07) is 8.61. The van der Waals surface area contributed by atoms with Crippen LogP contribution < -0.4 is 5.32 Å². The van der Waals surface area contributed by atoms with E-state index >= 15 is 0 Å². The Labute approximate surface area is 129 Å². The third kappa shape index (κ3) is 3.26. The van der Waals surface area contributed by atoms with Gasteiger partial charge >= 0.3 is 0 Å². The van der Waals surface area contributed by atoms with E-state index < -0.39 is 0 Å². The fourth-order valence-corrected chi connectivity index (χ4v) is 3.77. The highest BCUT2D eigenvalue weighted by atomic mass is 79.9. The van der Waals surface area contributed by atoms with Crippen LogP contribution in [0.25, 0.3) is 10.9 Å². The van der Waals surface area contributed by atoms with Crippen molar-refractivity contribution in [2.45, 2.75) is 38.6 Å². The summed E-state index contributed by atoms with van der Waals surface area (Å²) in [5.41, 5.74) is 1.32. The first-order valence-corrected chi connectivity index (χ1v) is 8.58. The van der Waals surface area contributed by atoms with Crippen LogP contribution in [0.15, 0.2) is 34.9 Å². The molecular weight excluding hydrogens is 312 g/mol. The molecular formula is C17H23BrN2. The molecule has 1 N–H and O–H groups in total. The van der Waals surface area contributed by atoms with E-state index in [1.165, 1.54) is 54.0 Å². The molecule has 1 saturated carbocycles. The SMILES string of the molecule is Brc1cccc2c1ccn2CCNCC1CCCCC1. The number of aromatic nitrogens is 1. The first-order valence-electron chi connectivity index (χ1n) is 7.78. The highest BCUT2D eigenvalue weighted by Gasteiger charge is 2.12. The Morgan fingerprint density at radius 1 is 1.15 bits per heavy atom. The first-order chi connectivity index (χ1) is 9.84. The van der Waals surface area contributed by atoms with Crippen molar-refractivity contribution in [2.75, 3.05) is 13.1 Å². The average Bonchev–Trinajstić information content (AvgIpc) is 2.90. The molecule has 0 aliphatic heterocycles. The van der Waals surface area contributed by atoms with Crippen LogP contribution in [0, 0.1) is 5.92 Å². The molecule has 1 aromatic heterocycles. The molecule has 3 heteroatoms. The Kier molecular flexibility index (Phi) is 4.79. The number of nitrogens with zero attached hydrogens (tertiary/aromatic N) is 1. The van der Waals surface area contributed by atoms with Crippen molar-refractivity contribution in [1.29, 1.82) is 0 Å². The lowest BCUT2D eigenvalue weighted by Crippen LogP contribution is -2.27. The Hall–Kier alpha value is -0.800. The van der Waals surface area contributed by atoms with Crippen LogP contribution in [0.2, 0.25) is 0 Å². The molecule has 1 fully saturated rings. The van der Waals surface area contributed by atoms with E-state index in [0.29, 0.717) is 0 Å². The molecule has 0 atom stereocenters. The maximum Gasteiger partial charge on any atom is 0.0492 e. The summed E-state index contributed by atoms with van der Waals surface area (Å²) in [5.74, 6) is 0.916. The summed E-state index contributed by atoms with van der Waals surface area (Å²) in [6.07, 6.45) is 9.35. The molecule has 1 aliphatic rings. The summed E-state index contributed by atoms with van der Waals surface area (Å²) in [4.78, 5) is 0. The van der Waals surface area contributed by atoms with Crippen molar-refractivity contribution in [3.8, 4) is 0 Å². The Morgan fingerprint density at radius 2 is 2.00 bits per heavy atom. The second kappa shape index (κ2) is 6.77. The largest absolute Gasteiger partial charge is 0.346 e. The fraction of sp³-hybridized carbons (Fsp3) is 0.529. The lowest BCUT2D eigenvalue weighted by Gasteiger charge is -2.21. The molecule has 0 radical (unpaired) electrons. The first kappa shape index (κ1) is 14.2. The van der Waals surface area contributed by atoms with Gasteiger partial charge in [0.1, 0.15) is 0 Å². The van der Waals surface area contributed by atoms with Gasteiger partial charge in [-0.2, -0.15) is 0 Å². The van der Waals surface area contributed by atoms with Gasteiger partial charge in [-0.15, -0.1) is 0 Å². The minimum absolute atomic E-state index is 0.916. The van der Waals surface area contributed by atoms with E-state index in [0.717, 1.165) is 19.0 Å². The number of hydrogen-bond acceptors (Lipinski definition) is 1. The summed E-state index contributed by atoms with van der Waals surface area (Å²) in [7, 11) is 0. The zero-order chi connectivity index (χ0) is 13.8. The van der Waals surface area contributed by atoms with E-state index in [9.17, 15) is 0 Å². The van der Waals surface area contributed by atoms with Crippen LogP contribution >= 0.6 is 15.9 Å². The van der Waals surface area contributed by atoms with Gasteiger partial charge in [0.05, 0.1) is 0 Å². The van der Waals surface area contributed by atoms with Crippen molar-refractivity contribution in [2.24, 2.45) is 5.92 Å². The molecule has 0 bridgehead atoms. The molecule has 0 amide bonds.